The first-order valence-corrected chi connectivity index (χ1v) is 5.11. The summed E-state index contributed by atoms with van der Waals surface area (Å²) in [6.07, 6.45) is 0. The first-order valence-electron chi connectivity index (χ1n) is 5.11. The van der Waals surface area contributed by atoms with Gasteiger partial charge in [0, 0.05) is 12.0 Å². The quantitative estimate of drug-likeness (QED) is 0.812. The Hall–Kier alpha value is -1.32. The van der Waals surface area contributed by atoms with Gasteiger partial charge in [0.15, 0.2) is 0 Å². The third-order valence-corrected chi connectivity index (χ3v) is 1.67. The smallest absolute Gasteiger partial charge is 0.219 e. The molecule has 1 rings (SSSR count). The lowest BCUT2D eigenvalue weighted by Crippen LogP contribution is -2.24. The van der Waals surface area contributed by atoms with Crippen LogP contribution in [0.1, 0.15) is 46.4 Å². The Morgan fingerprint density at radius 2 is 1.87 bits per heavy atom. The summed E-state index contributed by atoms with van der Waals surface area (Å²) in [5.74, 6) is 1.96. The minimum Gasteiger partial charge on any atom is -0.472 e. The van der Waals surface area contributed by atoms with E-state index in [2.05, 4.69) is 9.97 Å². The van der Waals surface area contributed by atoms with Crippen molar-refractivity contribution in [1.29, 1.82) is 0 Å². The van der Waals surface area contributed by atoms with Gasteiger partial charge in [-0.2, -0.15) is 4.98 Å². The zero-order valence-corrected chi connectivity index (χ0v) is 10.0. The highest BCUT2D eigenvalue weighted by molar-refractivity contribution is 5.33. The Bertz CT molecular complexity index is 342. The normalized spacial score (nSPS) is 11.9. The van der Waals surface area contributed by atoms with E-state index in [4.69, 9.17) is 10.5 Å². The highest BCUT2D eigenvalue weighted by atomic mass is 16.5. The van der Waals surface area contributed by atoms with Crippen molar-refractivity contribution < 1.29 is 4.74 Å². The van der Waals surface area contributed by atoms with Crippen molar-refractivity contribution in [2.45, 2.75) is 46.1 Å². The van der Waals surface area contributed by atoms with E-state index in [1.54, 1.807) is 6.07 Å². The van der Waals surface area contributed by atoms with E-state index >= 15 is 0 Å². The van der Waals surface area contributed by atoms with Crippen molar-refractivity contribution in [3.8, 4) is 5.88 Å². The number of aromatic nitrogens is 2. The zero-order chi connectivity index (χ0) is 11.6. The van der Waals surface area contributed by atoms with Gasteiger partial charge in [0.25, 0.3) is 0 Å². The van der Waals surface area contributed by atoms with Gasteiger partial charge in [0.2, 0.25) is 5.88 Å². The van der Waals surface area contributed by atoms with E-state index in [1.165, 1.54) is 0 Å². The molecule has 1 aromatic heterocycles. The number of nitrogens with two attached hydrogens (primary N) is 1. The van der Waals surface area contributed by atoms with Gasteiger partial charge in [-0.1, -0.05) is 13.8 Å². The van der Waals surface area contributed by atoms with E-state index in [-0.39, 0.29) is 11.5 Å². The molecular formula is C11H19N3O. The van der Waals surface area contributed by atoms with E-state index in [1.807, 2.05) is 34.6 Å². The topological polar surface area (TPSA) is 61.0 Å². The van der Waals surface area contributed by atoms with Crippen LogP contribution in [-0.4, -0.2) is 15.6 Å². The van der Waals surface area contributed by atoms with Crippen LogP contribution in [0.25, 0.3) is 0 Å². The van der Waals surface area contributed by atoms with Crippen molar-refractivity contribution >= 4 is 5.82 Å². The van der Waals surface area contributed by atoms with Crippen molar-refractivity contribution in [3.63, 3.8) is 0 Å². The zero-order valence-electron chi connectivity index (χ0n) is 10.0. The molecular weight excluding hydrogens is 190 g/mol. The van der Waals surface area contributed by atoms with Crippen molar-refractivity contribution in [2.24, 2.45) is 0 Å². The van der Waals surface area contributed by atoms with Crippen LogP contribution in [-0.2, 0) is 0 Å². The van der Waals surface area contributed by atoms with Crippen molar-refractivity contribution in [2.75, 3.05) is 5.73 Å². The lowest BCUT2D eigenvalue weighted by molar-refractivity contribution is 0.123. The van der Waals surface area contributed by atoms with E-state index in [9.17, 15) is 0 Å². The summed E-state index contributed by atoms with van der Waals surface area (Å²) in [4.78, 5) is 8.46. The summed E-state index contributed by atoms with van der Waals surface area (Å²) in [6.45, 7) is 9.96. The average molecular weight is 209 g/mol. The summed E-state index contributed by atoms with van der Waals surface area (Å²) in [7, 11) is 0. The van der Waals surface area contributed by atoms with Crippen molar-refractivity contribution in [3.05, 3.63) is 11.9 Å². The highest BCUT2D eigenvalue weighted by Gasteiger charge is 2.15. The minimum atomic E-state index is -0.269. The van der Waals surface area contributed by atoms with Crippen molar-refractivity contribution in [1.82, 2.24) is 9.97 Å². The summed E-state index contributed by atoms with van der Waals surface area (Å²) in [5, 5.41) is 0. The SMILES string of the molecule is CC(C)c1nc(N)cc(OC(C)(C)C)n1. The number of nitrogen functional groups attached to an aromatic ring is 1. The molecule has 0 radical (unpaired) electrons. The molecule has 4 heteroatoms. The third-order valence-electron chi connectivity index (χ3n) is 1.67. The molecule has 0 bridgehead atoms. The number of anilines is 1. The second kappa shape index (κ2) is 4.04. The summed E-state index contributed by atoms with van der Waals surface area (Å²) >= 11 is 0. The molecule has 0 fully saturated rings. The first-order chi connectivity index (χ1) is 6.78. The maximum absolute atomic E-state index is 5.68. The number of nitrogens with zero attached hydrogens (tertiary/aromatic N) is 2. The Labute approximate surface area is 90.9 Å². The molecule has 0 amide bonds. The predicted molar refractivity (Wildman–Crippen MR) is 60.9 cm³/mol. The molecule has 0 saturated carbocycles. The Morgan fingerprint density at radius 3 is 2.33 bits per heavy atom. The van der Waals surface area contributed by atoms with Gasteiger partial charge < -0.3 is 10.5 Å². The molecule has 0 aliphatic heterocycles. The molecule has 2 N–H and O–H groups in total. The van der Waals surface area contributed by atoms with Crippen LogP contribution in [0.2, 0.25) is 0 Å². The molecule has 1 heterocycles. The molecule has 0 unspecified atom stereocenters. The minimum absolute atomic E-state index is 0.246. The average Bonchev–Trinajstić information content (AvgIpc) is 1.99. The largest absolute Gasteiger partial charge is 0.472 e. The molecule has 0 aromatic carbocycles. The fourth-order valence-electron chi connectivity index (χ4n) is 1.09. The molecule has 0 saturated heterocycles. The van der Waals surface area contributed by atoms with Crippen LogP contribution in [0.5, 0.6) is 5.88 Å². The second-order valence-corrected chi connectivity index (χ2v) is 4.86. The molecule has 0 aliphatic carbocycles. The van der Waals surface area contributed by atoms with Gasteiger partial charge in [-0.05, 0) is 20.8 Å². The van der Waals surface area contributed by atoms with Gasteiger partial charge in [-0.3, -0.25) is 0 Å². The summed E-state index contributed by atoms with van der Waals surface area (Å²) in [5.41, 5.74) is 5.42. The standard InChI is InChI=1S/C11H19N3O/c1-7(2)10-13-8(12)6-9(14-10)15-11(3,4)5/h6-7H,1-5H3,(H2,12,13,14). The van der Waals surface area contributed by atoms with Crippen LogP contribution < -0.4 is 10.5 Å². The molecule has 84 valence electrons. The number of hydrogen-bond acceptors (Lipinski definition) is 4. The fraction of sp³-hybridized carbons (Fsp3) is 0.636. The monoisotopic (exact) mass is 209 g/mol. The summed E-state index contributed by atoms with van der Waals surface area (Å²) in [6, 6.07) is 1.65. The van der Waals surface area contributed by atoms with Gasteiger partial charge in [-0.15, -0.1) is 0 Å². The predicted octanol–water partition coefficient (Wildman–Crippen LogP) is 2.36. The third kappa shape index (κ3) is 3.73. The Kier molecular flexibility index (Phi) is 3.17. The maximum atomic E-state index is 5.68. The molecule has 4 nitrogen and oxygen atoms in total. The van der Waals surface area contributed by atoms with Crippen LogP contribution >= 0.6 is 0 Å². The molecule has 0 spiro atoms. The molecule has 1 aromatic rings. The lowest BCUT2D eigenvalue weighted by Gasteiger charge is -2.21. The molecule has 15 heavy (non-hydrogen) atoms. The van der Waals surface area contributed by atoms with Crippen LogP contribution in [0.4, 0.5) is 5.82 Å². The second-order valence-electron chi connectivity index (χ2n) is 4.86. The van der Waals surface area contributed by atoms with Gasteiger partial charge in [0.05, 0.1) is 0 Å². The molecule has 0 atom stereocenters. The van der Waals surface area contributed by atoms with E-state index < -0.39 is 0 Å². The van der Waals surface area contributed by atoms with E-state index in [0.29, 0.717) is 17.5 Å². The number of ether oxygens (including phenoxy) is 1. The maximum Gasteiger partial charge on any atom is 0.219 e. The summed E-state index contributed by atoms with van der Waals surface area (Å²) < 4.78 is 5.64. The number of hydrogen-bond donors (Lipinski definition) is 1. The van der Waals surface area contributed by atoms with E-state index in [0.717, 1.165) is 0 Å². The van der Waals surface area contributed by atoms with Gasteiger partial charge in [0.1, 0.15) is 17.2 Å². The van der Waals surface area contributed by atoms with Crippen LogP contribution in [0.15, 0.2) is 6.07 Å². The fourth-order valence-corrected chi connectivity index (χ4v) is 1.09. The Balaban J connectivity index is 2.99. The van der Waals surface area contributed by atoms with Crippen LogP contribution in [0, 0.1) is 0 Å². The lowest BCUT2D eigenvalue weighted by atomic mass is 10.2. The number of rotatable bonds is 2. The molecule has 0 aliphatic rings. The van der Waals surface area contributed by atoms with Gasteiger partial charge >= 0.3 is 0 Å². The van der Waals surface area contributed by atoms with Gasteiger partial charge in [-0.25, -0.2) is 4.98 Å². The van der Waals surface area contributed by atoms with Crippen LogP contribution in [0.3, 0.4) is 0 Å². The highest BCUT2D eigenvalue weighted by Crippen LogP contribution is 2.20. The first kappa shape index (κ1) is 11.8. The Morgan fingerprint density at radius 1 is 1.27 bits per heavy atom.